The largest absolute Gasteiger partial charge is 0.319 e. The van der Waals surface area contributed by atoms with Crippen LogP contribution < -0.4 is 5.32 Å². The number of hydrogen-bond acceptors (Lipinski definition) is 3. The van der Waals surface area contributed by atoms with E-state index in [9.17, 15) is 4.79 Å². The van der Waals surface area contributed by atoms with Gasteiger partial charge in [0.05, 0.1) is 17.3 Å². The number of nitrogens with one attached hydrogen (secondary N) is 1. The van der Waals surface area contributed by atoms with Gasteiger partial charge in [0.2, 0.25) is 0 Å². The monoisotopic (exact) mass is 291 g/mol. The third-order valence-electron chi connectivity index (χ3n) is 2.32. The Bertz CT molecular complexity index is 680. The molecular weight excluding hydrogens is 285 g/mol. The van der Waals surface area contributed by atoms with Crippen LogP contribution in [0.3, 0.4) is 0 Å². The molecule has 6 heteroatoms. The van der Waals surface area contributed by atoms with Gasteiger partial charge in [-0.2, -0.15) is 5.26 Å². The Balaban J connectivity index is 2.23. The molecule has 0 aliphatic rings. The molecule has 1 amide bonds. The first-order valence-electron chi connectivity index (χ1n) is 5.23. The molecule has 0 fully saturated rings. The van der Waals surface area contributed by atoms with Crippen LogP contribution in [0.15, 0.2) is 36.4 Å². The Morgan fingerprint density at radius 1 is 1.26 bits per heavy atom. The van der Waals surface area contributed by atoms with E-state index in [4.69, 9.17) is 28.5 Å². The SMILES string of the molecule is N#Cc1cccc(C(=O)Nc2ccc(Cl)nc2Cl)c1. The maximum absolute atomic E-state index is 12.0. The minimum absolute atomic E-state index is 0.109. The van der Waals surface area contributed by atoms with Crippen LogP contribution in [0, 0.1) is 11.3 Å². The van der Waals surface area contributed by atoms with Gasteiger partial charge in [-0.05, 0) is 30.3 Å². The van der Waals surface area contributed by atoms with Gasteiger partial charge in [0.25, 0.3) is 5.91 Å². The Morgan fingerprint density at radius 3 is 2.74 bits per heavy atom. The zero-order chi connectivity index (χ0) is 13.8. The van der Waals surface area contributed by atoms with E-state index in [1.807, 2.05) is 6.07 Å². The summed E-state index contributed by atoms with van der Waals surface area (Å²) >= 11 is 11.5. The van der Waals surface area contributed by atoms with Gasteiger partial charge in [0.15, 0.2) is 5.15 Å². The molecule has 1 aromatic heterocycles. The normalized spacial score (nSPS) is 9.74. The molecule has 0 saturated carbocycles. The molecule has 0 atom stereocenters. The van der Waals surface area contributed by atoms with Crippen molar-refractivity contribution in [3.63, 3.8) is 0 Å². The first-order chi connectivity index (χ1) is 9.10. The van der Waals surface area contributed by atoms with E-state index in [2.05, 4.69) is 10.3 Å². The summed E-state index contributed by atoms with van der Waals surface area (Å²) in [6.45, 7) is 0. The summed E-state index contributed by atoms with van der Waals surface area (Å²) in [4.78, 5) is 15.8. The Labute approximate surface area is 119 Å². The zero-order valence-corrected chi connectivity index (χ0v) is 11.0. The van der Waals surface area contributed by atoms with E-state index < -0.39 is 0 Å². The van der Waals surface area contributed by atoms with Gasteiger partial charge in [0, 0.05) is 5.56 Å². The van der Waals surface area contributed by atoms with Gasteiger partial charge in [-0.3, -0.25) is 4.79 Å². The average Bonchev–Trinajstić information content (AvgIpc) is 2.42. The van der Waals surface area contributed by atoms with Crippen LogP contribution in [0.2, 0.25) is 10.3 Å². The highest BCUT2D eigenvalue weighted by Crippen LogP contribution is 2.22. The summed E-state index contributed by atoms with van der Waals surface area (Å²) in [5.41, 5.74) is 1.14. The number of nitrogens with zero attached hydrogens (tertiary/aromatic N) is 2. The highest BCUT2D eigenvalue weighted by Gasteiger charge is 2.10. The van der Waals surface area contributed by atoms with Gasteiger partial charge < -0.3 is 5.32 Å². The van der Waals surface area contributed by atoms with Crippen molar-refractivity contribution in [3.8, 4) is 6.07 Å². The molecule has 0 bridgehead atoms. The fourth-order valence-corrected chi connectivity index (χ4v) is 1.82. The summed E-state index contributed by atoms with van der Waals surface area (Å²) in [5, 5.41) is 11.7. The number of carbonyl (C=O) groups is 1. The lowest BCUT2D eigenvalue weighted by Gasteiger charge is -2.06. The molecule has 2 aromatic rings. The van der Waals surface area contributed by atoms with Crippen LogP contribution in [-0.4, -0.2) is 10.9 Å². The molecule has 0 saturated heterocycles. The minimum atomic E-state index is -0.372. The van der Waals surface area contributed by atoms with Crippen molar-refractivity contribution >= 4 is 34.8 Å². The van der Waals surface area contributed by atoms with Gasteiger partial charge in [-0.15, -0.1) is 0 Å². The first kappa shape index (κ1) is 13.3. The van der Waals surface area contributed by atoms with Crippen molar-refractivity contribution in [2.45, 2.75) is 0 Å². The molecule has 0 aliphatic carbocycles. The third-order valence-corrected chi connectivity index (χ3v) is 2.82. The molecule has 1 heterocycles. The van der Waals surface area contributed by atoms with Gasteiger partial charge >= 0.3 is 0 Å². The maximum Gasteiger partial charge on any atom is 0.255 e. The lowest BCUT2D eigenvalue weighted by molar-refractivity contribution is 0.102. The molecule has 0 radical (unpaired) electrons. The molecule has 4 nitrogen and oxygen atoms in total. The highest BCUT2D eigenvalue weighted by atomic mass is 35.5. The van der Waals surface area contributed by atoms with Crippen LogP contribution in [-0.2, 0) is 0 Å². The standard InChI is InChI=1S/C13H7Cl2N3O/c14-11-5-4-10(12(15)18-11)17-13(19)9-3-1-2-8(6-9)7-16/h1-6H,(H,17,19). The number of hydrogen-bond donors (Lipinski definition) is 1. The van der Waals surface area contributed by atoms with Crippen LogP contribution in [0.5, 0.6) is 0 Å². The number of benzene rings is 1. The van der Waals surface area contributed by atoms with Gasteiger partial charge in [-0.1, -0.05) is 29.3 Å². The van der Waals surface area contributed by atoms with Gasteiger partial charge in [-0.25, -0.2) is 4.98 Å². The van der Waals surface area contributed by atoms with Crippen LogP contribution in [0.1, 0.15) is 15.9 Å². The Kier molecular flexibility index (Phi) is 4.00. The van der Waals surface area contributed by atoms with E-state index in [1.165, 1.54) is 12.1 Å². The summed E-state index contributed by atoms with van der Waals surface area (Å²) in [7, 11) is 0. The molecule has 0 spiro atoms. The van der Waals surface area contributed by atoms with Crippen molar-refractivity contribution in [2.75, 3.05) is 5.32 Å². The molecular formula is C13H7Cl2N3O. The van der Waals surface area contributed by atoms with E-state index >= 15 is 0 Å². The first-order valence-corrected chi connectivity index (χ1v) is 5.99. The fraction of sp³-hybridized carbons (Fsp3) is 0. The smallest absolute Gasteiger partial charge is 0.255 e. The summed E-state index contributed by atoms with van der Waals surface area (Å²) in [6, 6.07) is 11.4. The topological polar surface area (TPSA) is 65.8 Å². The molecule has 1 aromatic carbocycles. The molecule has 19 heavy (non-hydrogen) atoms. The molecule has 0 unspecified atom stereocenters. The van der Waals surface area contributed by atoms with Crippen molar-refractivity contribution in [1.82, 2.24) is 4.98 Å². The number of amides is 1. The lowest BCUT2D eigenvalue weighted by Crippen LogP contribution is -2.12. The van der Waals surface area contributed by atoms with Crippen LogP contribution in [0.4, 0.5) is 5.69 Å². The van der Waals surface area contributed by atoms with Crippen molar-refractivity contribution in [2.24, 2.45) is 0 Å². The van der Waals surface area contributed by atoms with Crippen molar-refractivity contribution in [3.05, 3.63) is 57.8 Å². The zero-order valence-electron chi connectivity index (χ0n) is 9.52. The fourth-order valence-electron chi connectivity index (χ4n) is 1.43. The Hall–Kier alpha value is -2.09. The maximum atomic E-state index is 12.0. The van der Waals surface area contributed by atoms with E-state index in [0.29, 0.717) is 16.8 Å². The van der Waals surface area contributed by atoms with Crippen molar-refractivity contribution in [1.29, 1.82) is 5.26 Å². The number of carbonyl (C=O) groups excluding carboxylic acids is 1. The predicted octanol–water partition coefficient (Wildman–Crippen LogP) is 3.51. The number of aromatic nitrogens is 1. The number of halogens is 2. The second-order valence-corrected chi connectivity index (χ2v) is 4.36. The third kappa shape index (κ3) is 3.22. The minimum Gasteiger partial charge on any atom is -0.319 e. The summed E-state index contributed by atoms with van der Waals surface area (Å²) in [5.74, 6) is -0.372. The van der Waals surface area contributed by atoms with E-state index in [-0.39, 0.29) is 16.2 Å². The highest BCUT2D eigenvalue weighted by molar-refractivity contribution is 6.34. The average molecular weight is 292 g/mol. The quantitative estimate of drug-likeness (QED) is 0.861. The van der Waals surface area contributed by atoms with Crippen LogP contribution in [0.25, 0.3) is 0 Å². The lowest BCUT2D eigenvalue weighted by atomic mass is 10.1. The number of pyridine rings is 1. The predicted molar refractivity (Wildman–Crippen MR) is 73.4 cm³/mol. The molecule has 94 valence electrons. The summed E-state index contributed by atoms with van der Waals surface area (Å²) < 4.78 is 0. The van der Waals surface area contributed by atoms with E-state index in [1.54, 1.807) is 24.3 Å². The van der Waals surface area contributed by atoms with Crippen LogP contribution >= 0.6 is 23.2 Å². The second kappa shape index (κ2) is 5.70. The second-order valence-electron chi connectivity index (χ2n) is 3.62. The number of anilines is 1. The van der Waals surface area contributed by atoms with Crippen molar-refractivity contribution < 1.29 is 4.79 Å². The number of rotatable bonds is 2. The molecule has 2 rings (SSSR count). The summed E-state index contributed by atoms with van der Waals surface area (Å²) in [6.07, 6.45) is 0. The molecule has 0 aliphatic heterocycles. The number of nitriles is 1. The molecule has 1 N–H and O–H groups in total. The van der Waals surface area contributed by atoms with E-state index in [0.717, 1.165) is 0 Å². The Morgan fingerprint density at radius 2 is 2.05 bits per heavy atom. The van der Waals surface area contributed by atoms with Gasteiger partial charge in [0.1, 0.15) is 5.15 Å².